The Morgan fingerprint density at radius 2 is 1.81 bits per heavy atom. The number of ether oxygens (including phenoxy) is 2. The molecule has 0 radical (unpaired) electrons. The van der Waals surface area contributed by atoms with Crippen molar-refractivity contribution in [1.82, 2.24) is 10.2 Å². The largest absolute Gasteiger partial charge is 0.507 e. The molecule has 1 atom stereocenters. The van der Waals surface area contributed by atoms with Crippen LogP contribution in [0.15, 0.2) is 54.1 Å². The van der Waals surface area contributed by atoms with Crippen molar-refractivity contribution in [3.8, 4) is 11.5 Å². The van der Waals surface area contributed by atoms with Gasteiger partial charge in [0.2, 0.25) is 5.13 Å². The molecule has 31 heavy (non-hydrogen) atoms. The normalized spacial score (nSPS) is 19.6. The summed E-state index contributed by atoms with van der Waals surface area (Å²) in [6.45, 7) is 2.60. The molecule has 2 aliphatic heterocycles. The van der Waals surface area contributed by atoms with Crippen LogP contribution in [0.5, 0.6) is 11.5 Å². The van der Waals surface area contributed by atoms with E-state index >= 15 is 0 Å². The maximum atomic E-state index is 13.1. The molecule has 9 heteroatoms. The SMILES string of the molecule is Cc1nnc(N2C(=O)C(=O)C(=C(O)c3ccc4c(c3)OCCO4)C2c2ccccc2)s1. The zero-order valence-electron chi connectivity index (χ0n) is 16.4. The lowest BCUT2D eigenvalue weighted by atomic mass is 9.95. The topological polar surface area (TPSA) is 102 Å². The van der Waals surface area contributed by atoms with Crippen LogP contribution in [-0.2, 0) is 9.59 Å². The first-order valence-corrected chi connectivity index (χ1v) is 10.4. The number of amides is 1. The van der Waals surface area contributed by atoms with Gasteiger partial charge in [0.15, 0.2) is 11.5 Å². The number of aliphatic hydroxyl groups excluding tert-OH is 1. The van der Waals surface area contributed by atoms with E-state index in [4.69, 9.17) is 9.47 Å². The lowest BCUT2D eigenvalue weighted by Gasteiger charge is -2.23. The quantitative estimate of drug-likeness (QED) is 0.383. The number of aryl methyl sites for hydroxylation is 1. The summed E-state index contributed by atoms with van der Waals surface area (Å²) in [5.74, 6) is -0.793. The molecule has 0 saturated carbocycles. The fraction of sp³-hybridized carbons (Fsp3) is 0.182. The van der Waals surface area contributed by atoms with Crippen molar-refractivity contribution >= 4 is 33.9 Å². The predicted octanol–water partition coefficient (Wildman–Crippen LogP) is 3.24. The number of hydrogen-bond acceptors (Lipinski definition) is 8. The average Bonchev–Trinajstić information content (AvgIpc) is 3.34. The number of carbonyl (C=O) groups is 2. The van der Waals surface area contributed by atoms with E-state index in [9.17, 15) is 14.7 Å². The highest BCUT2D eigenvalue weighted by molar-refractivity contribution is 7.15. The Hall–Kier alpha value is -3.72. The number of aromatic nitrogens is 2. The average molecular weight is 435 g/mol. The van der Waals surface area contributed by atoms with Gasteiger partial charge in [-0.1, -0.05) is 41.7 Å². The number of carbonyl (C=O) groups excluding carboxylic acids is 2. The Balaban J connectivity index is 1.68. The summed E-state index contributed by atoms with van der Waals surface area (Å²) in [7, 11) is 0. The zero-order valence-corrected chi connectivity index (χ0v) is 17.3. The van der Waals surface area contributed by atoms with Crippen molar-refractivity contribution in [3.63, 3.8) is 0 Å². The first-order chi connectivity index (χ1) is 15.0. The van der Waals surface area contributed by atoms with Gasteiger partial charge in [-0.3, -0.25) is 14.5 Å². The number of hydrogen-bond donors (Lipinski definition) is 1. The second-order valence-corrected chi connectivity index (χ2v) is 8.20. The monoisotopic (exact) mass is 435 g/mol. The summed E-state index contributed by atoms with van der Waals surface area (Å²) in [5.41, 5.74) is 1.02. The molecule has 1 N–H and O–H groups in total. The summed E-state index contributed by atoms with van der Waals surface area (Å²) in [4.78, 5) is 27.4. The molecule has 3 aromatic rings. The number of anilines is 1. The van der Waals surface area contributed by atoms with Crippen LogP contribution in [0.3, 0.4) is 0 Å². The van der Waals surface area contributed by atoms with Crippen LogP contribution in [0, 0.1) is 6.92 Å². The standard InChI is InChI=1S/C22H17N3O5S/c1-12-23-24-22(31-12)25-18(13-5-3-2-4-6-13)17(20(27)21(25)28)19(26)14-7-8-15-16(11-14)30-10-9-29-15/h2-8,11,18,26H,9-10H2,1H3. The van der Waals surface area contributed by atoms with Crippen LogP contribution < -0.4 is 14.4 Å². The molecule has 8 nitrogen and oxygen atoms in total. The van der Waals surface area contributed by atoms with Crippen LogP contribution in [0.4, 0.5) is 5.13 Å². The molecule has 1 saturated heterocycles. The lowest BCUT2D eigenvalue weighted by Crippen LogP contribution is -2.29. The molecule has 1 aromatic heterocycles. The molecule has 3 heterocycles. The third-order valence-corrected chi connectivity index (χ3v) is 5.93. The number of ketones is 1. The number of aliphatic hydroxyl groups is 1. The van der Waals surface area contributed by atoms with Gasteiger partial charge >= 0.3 is 5.91 Å². The minimum absolute atomic E-state index is 0.0132. The van der Waals surface area contributed by atoms with Crippen LogP contribution in [0.2, 0.25) is 0 Å². The van der Waals surface area contributed by atoms with Gasteiger partial charge in [0, 0.05) is 5.56 Å². The van der Waals surface area contributed by atoms with E-state index in [1.54, 1.807) is 37.3 Å². The molecule has 2 aromatic carbocycles. The Morgan fingerprint density at radius 3 is 2.52 bits per heavy atom. The van der Waals surface area contributed by atoms with Crippen molar-refractivity contribution in [2.24, 2.45) is 0 Å². The van der Waals surface area contributed by atoms with Gasteiger partial charge in [-0.05, 0) is 30.7 Å². The van der Waals surface area contributed by atoms with Crippen molar-refractivity contribution in [1.29, 1.82) is 0 Å². The highest BCUT2D eigenvalue weighted by atomic mass is 32.1. The van der Waals surface area contributed by atoms with E-state index in [1.807, 2.05) is 18.2 Å². The van der Waals surface area contributed by atoms with Crippen LogP contribution in [-0.4, -0.2) is 40.2 Å². The van der Waals surface area contributed by atoms with Gasteiger partial charge < -0.3 is 14.6 Å². The molecular weight excluding hydrogens is 418 g/mol. The summed E-state index contributed by atoms with van der Waals surface area (Å²) >= 11 is 1.21. The Kier molecular flexibility index (Phi) is 4.67. The first-order valence-electron chi connectivity index (χ1n) is 9.60. The number of fused-ring (bicyclic) bond motifs is 1. The van der Waals surface area contributed by atoms with Crippen LogP contribution in [0.1, 0.15) is 22.2 Å². The smallest absolute Gasteiger partial charge is 0.301 e. The van der Waals surface area contributed by atoms with Gasteiger partial charge in [-0.2, -0.15) is 0 Å². The molecule has 5 rings (SSSR count). The van der Waals surface area contributed by atoms with Crippen molar-refractivity contribution in [3.05, 3.63) is 70.2 Å². The number of Topliss-reactive ketones (excluding diaryl/α,β-unsaturated/α-hetero) is 1. The molecule has 1 fully saturated rings. The third kappa shape index (κ3) is 3.23. The molecule has 0 spiro atoms. The second-order valence-electron chi connectivity index (χ2n) is 7.04. The van der Waals surface area contributed by atoms with Crippen molar-refractivity contribution < 1.29 is 24.2 Å². The van der Waals surface area contributed by atoms with Crippen LogP contribution >= 0.6 is 11.3 Å². The maximum Gasteiger partial charge on any atom is 0.301 e. The summed E-state index contributed by atoms with van der Waals surface area (Å²) in [6, 6.07) is 13.1. The molecule has 0 bridgehead atoms. The lowest BCUT2D eigenvalue weighted by molar-refractivity contribution is -0.132. The zero-order chi connectivity index (χ0) is 21.5. The van der Waals surface area contributed by atoms with E-state index in [0.29, 0.717) is 46.0 Å². The first kappa shape index (κ1) is 19.3. The van der Waals surface area contributed by atoms with Gasteiger partial charge in [0.1, 0.15) is 24.0 Å². The van der Waals surface area contributed by atoms with E-state index in [-0.39, 0.29) is 11.3 Å². The Bertz CT molecular complexity index is 1220. The Labute approximate surface area is 181 Å². The van der Waals surface area contributed by atoms with E-state index in [2.05, 4.69) is 10.2 Å². The number of rotatable bonds is 3. The summed E-state index contributed by atoms with van der Waals surface area (Å²) < 4.78 is 11.1. The number of benzene rings is 2. The van der Waals surface area contributed by atoms with Crippen molar-refractivity contribution in [2.75, 3.05) is 18.1 Å². The van der Waals surface area contributed by atoms with Gasteiger partial charge in [-0.15, -0.1) is 10.2 Å². The molecule has 156 valence electrons. The van der Waals surface area contributed by atoms with Crippen LogP contribution in [0.25, 0.3) is 5.76 Å². The number of nitrogens with zero attached hydrogens (tertiary/aromatic N) is 3. The predicted molar refractivity (Wildman–Crippen MR) is 113 cm³/mol. The molecule has 2 aliphatic rings. The summed E-state index contributed by atoms with van der Waals surface area (Å²) in [6.07, 6.45) is 0. The molecule has 1 unspecified atom stereocenters. The highest BCUT2D eigenvalue weighted by Gasteiger charge is 2.48. The van der Waals surface area contributed by atoms with Gasteiger partial charge in [0.05, 0.1) is 11.6 Å². The van der Waals surface area contributed by atoms with E-state index < -0.39 is 17.7 Å². The van der Waals surface area contributed by atoms with Gasteiger partial charge in [-0.25, -0.2) is 0 Å². The van der Waals surface area contributed by atoms with Crippen molar-refractivity contribution in [2.45, 2.75) is 13.0 Å². The van der Waals surface area contributed by atoms with E-state index in [1.165, 1.54) is 16.2 Å². The highest BCUT2D eigenvalue weighted by Crippen LogP contribution is 2.43. The minimum Gasteiger partial charge on any atom is -0.507 e. The minimum atomic E-state index is -0.832. The fourth-order valence-corrected chi connectivity index (χ4v) is 4.42. The van der Waals surface area contributed by atoms with E-state index in [0.717, 1.165) is 0 Å². The fourth-order valence-electron chi connectivity index (χ4n) is 3.71. The maximum absolute atomic E-state index is 13.1. The Morgan fingerprint density at radius 1 is 1.06 bits per heavy atom. The molecule has 0 aliphatic carbocycles. The molecule has 1 amide bonds. The summed E-state index contributed by atoms with van der Waals surface area (Å²) in [5, 5.41) is 20.2. The second kappa shape index (κ2) is 7.51. The van der Waals surface area contributed by atoms with Gasteiger partial charge in [0.25, 0.3) is 5.78 Å². The molecular formula is C22H17N3O5S. The third-order valence-electron chi connectivity index (χ3n) is 5.10.